The van der Waals surface area contributed by atoms with Gasteiger partial charge in [0.15, 0.2) is 0 Å². The summed E-state index contributed by atoms with van der Waals surface area (Å²) >= 11 is 5.79. The molecule has 6 nitrogen and oxygen atoms in total. The Labute approximate surface area is 162 Å². The molecule has 1 atom stereocenters. The van der Waals surface area contributed by atoms with Crippen LogP contribution < -0.4 is 14.4 Å². The van der Waals surface area contributed by atoms with Crippen molar-refractivity contribution in [3.05, 3.63) is 53.3 Å². The van der Waals surface area contributed by atoms with Gasteiger partial charge in [-0.05, 0) is 36.8 Å². The fourth-order valence-corrected chi connectivity index (χ4v) is 4.02. The SMILES string of the molecule is CC[C@H](C(=O)Nc1ccccc1OC)N(c1ccc(F)c(Cl)c1)S(C)(=O)=O. The Bertz CT molecular complexity index is 937. The minimum Gasteiger partial charge on any atom is -0.495 e. The van der Waals surface area contributed by atoms with Crippen molar-refractivity contribution in [1.82, 2.24) is 0 Å². The second-order valence-corrected chi connectivity index (χ2v) is 8.04. The second-order valence-electron chi connectivity index (χ2n) is 5.77. The molecule has 9 heteroatoms. The first-order chi connectivity index (χ1) is 12.7. The molecule has 27 heavy (non-hydrogen) atoms. The molecule has 1 N–H and O–H groups in total. The van der Waals surface area contributed by atoms with Gasteiger partial charge in [0.2, 0.25) is 15.9 Å². The lowest BCUT2D eigenvalue weighted by atomic mass is 10.1. The van der Waals surface area contributed by atoms with E-state index in [2.05, 4.69) is 5.32 Å². The normalized spacial score (nSPS) is 12.3. The second kappa shape index (κ2) is 8.58. The molecule has 0 heterocycles. The summed E-state index contributed by atoms with van der Waals surface area (Å²) in [4.78, 5) is 12.8. The van der Waals surface area contributed by atoms with Gasteiger partial charge in [-0.2, -0.15) is 0 Å². The van der Waals surface area contributed by atoms with E-state index in [-0.39, 0.29) is 17.1 Å². The Morgan fingerprint density at radius 2 is 1.96 bits per heavy atom. The Balaban J connectivity index is 2.43. The maximum Gasteiger partial charge on any atom is 0.248 e. The Hall–Kier alpha value is -2.32. The smallest absolute Gasteiger partial charge is 0.248 e. The highest BCUT2D eigenvalue weighted by molar-refractivity contribution is 7.92. The minimum absolute atomic E-state index is 0.103. The van der Waals surface area contributed by atoms with E-state index >= 15 is 0 Å². The van der Waals surface area contributed by atoms with Crippen molar-refractivity contribution in [3.8, 4) is 5.75 Å². The van der Waals surface area contributed by atoms with Crippen molar-refractivity contribution in [2.45, 2.75) is 19.4 Å². The molecule has 2 aromatic carbocycles. The third kappa shape index (κ3) is 4.90. The summed E-state index contributed by atoms with van der Waals surface area (Å²) in [5.41, 5.74) is 0.514. The fourth-order valence-electron chi connectivity index (χ4n) is 2.65. The van der Waals surface area contributed by atoms with E-state index in [0.29, 0.717) is 11.4 Å². The molecule has 0 saturated carbocycles. The summed E-state index contributed by atoms with van der Waals surface area (Å²) in [6.07, 6.45) is 1.16. The standard InChI is InChI=1S/C18H20ClFN2O4S/c1-4-16(18(23)21-15-7-5-6-8-17(15)26-2)22(27(3,24)25)12-9-10-14(20)13(19)11-12/h5-11,16H,4H2,1-3H3,(H,21,23)/t16-/m1/s1. The molecule has 0 aliphatic rings. The van der Waals surface area contributed by atoms with Gasteiger partial charge in [-0.3, -0.25) is 9.10 Å². The largest absolute Gasteiger partial charge is 0.495 e. The molecular formula is C18H20ClFN2O4S. The van der Waals surface area contributed by atoms with Crippen LogP contribution in [0.1, 0.15) is 13.3 Å². The van der Waals surface area contributed by atoms with Crippen LogP contribution in [0.5, 0.6) is 5.75 Å². The number of nitrogens with one attached hydrogen (secondary N) is 1. The number of sulfonamides is 1. The molecular weight excluding hydrogens is 395 g/mol. The molecule has 0 bridgehead atoms. The number of ether oxygens (including phenoxy) is 1. The van der Waals surface area contributed by atoms with Crippen LogP contribution in [0.3, 0.4) is 0 Å². The molecule has 0 fully saturated rings. The predicted octanol–water partition coefficient (Wildman–Crippen LogP) is 3.67. The number of hydrogen-bond acceptors (Lipinski definition) is 4. The monoisotopic (exact) mass is 414 g/mol. The van der Waals surface area contributed by atoms with Crippen molar-refractivity contribution in [2.75, 3.05) is 23.0 Å². The average Bonchev–Trinajstić information content (AvgIpc) is 2.61. The van der Waals surface area contributed by atoms with Crippen LogP contribution in [0.2, 0.25) is 5.02 Å². The highest BCUT2D eigenvalue weighted by atomic mass is 35.5. The number of carbonyl (C=O) groups excluding carboxylic acids is 1. The third-order valence-electron chi connectivity index (χ3n) is 3.85. The van der Waals surface area contributed by atoms with Crippen LogP contribution in [0.25, 0.3) is 0 Å². The zero-order valence-corrected chi connectivity index (χ0v) is 16.6. The summed E-state index contributed by atoms with van der Waals surface area (Å²) in [6, 6.07) is 9.21. The Morgan fingerprint density at radius 1 is 1.30 bits per heavy atom. The number of para-hydroxylation sites is 2. The molecule has 0 spiro atoms. The van der Waals surface area contributed by atoms with Gasteiger partial charge in [0, 0.05) is 0 Å². The summed E-state index contributed by atoms with van der Waals surface area (Å²) in [5.74, 6) is -0.787. The molecule has 2 rings (SSSR count). The van der Waals surface area contributed by atoms with E-state index in [9.17, 15) is 17.6 Å². The number of methoxy groups -OCH3 is 1. The molecule has 146 valence electrons. The van der Waals surface area contributed by atoms with Gasteiger partial charge in [0.25, 0.3) is 0 Å². The number of anilines is 2. The lowest BCUT2D eigenvalue weighted by Gasteiger charge is -2.30. The number of carbonyl (C=O) groups is 1. The van der Waals surface area contributed by atoms with Crippen LogP contribution in [-0.2, 0) is 14.8 Å². The predicted molar refractivity (Wildman–Crippen MR) is 104 cm³/mol. The van der Waals surface area contributed by atoms with Gasteiger partial charge < -0.3 is 10.1 Å². The van der Waals surface area contributed by atoms with E-state index in [4.69, 9.17) is 16.3 Å². The van der Waals surface area contributed by atoms with Gasteiger partial charge in [0.05, 0.1) is 29.8 Å². The van der Waals surface area contributed by atoms with Crippen LogP contribution in [-0.4, -0.2) is 33.7 Å². The lowest BCUT2D eigenvalue weighted by Crippen LogP contribution is -2.47. The number of halogens is 2. The van der Waals surface area contributed by atoms with Gasteiger partial charge in [-0.1, -0.05) is 30.7 Å². The van der Waals surface area contributed by atoms with Crippen LogP contribution >= 0.6 is 11.6 Å². The van der Waals surface area contributed by atoms with Crippen LogP contribution in [0.4, 0.5) is 15.8 Å². The fraction of sp³-hybridized carbons (Fsp3) is 0.278. The summed E-state index contributed by atoms with van der Waals surface area (Å²) < 4.78 is 44.4. The number of hydrogen-bond donors (Lipinski definition) is 1. The third-order valence-corrected chi connectivity index (χ3v) is 5.32. The zero-order chi connectivity index (χ0) is 20.2. The maximum absolute atomic E-state index is 13.5. The van der Waals surface area contributed by atoms with Gasteiger partial charge in [0.1, 0.15) is 17.6 Å². The molecule has 0 saturated heterocycles. The quantitative estimate of drug-likeness (QED) is 0.750. The first-order valence-corrected chi connectivity index (χ1v) is 10.3. The van der Waals surface area contributed by atoms with Gasteiger partial charge in [-0.15, -0.1) is 0 Å². The average molecular weight is 415 g/mol. The van der Waals surface area contributed by atoms with Crippen molar-refractivity contribution in [2.24, 2.45) is 0 Å². The highest BCUT2D eigenvalue weighted by Crippen LogP contribution is 2.29. The topological polar surface area (TPSA) is 75.7 Å². The van der Waals surface area contributed by atoms with Crippen molar-refractivity contribution in [1.29, 1.82) is 0 Å². The Morgan fingerprint density at radius 3 is 2.52 bits per heavy atom. The van der Waals surface area contributed by atoms with E-state index in [1.165, 1.54) is 19.2 Å². The summed E-state index contributed by atoms with van der Waals surface area (Å²) in [6.45, 7) is 1.68. The van der Waals surface area contributed by atoms with Crippen molar-refractivity contribution in [3.63, 3.8) is 0 Å². The van der Waals surface area contributed by atoms with E-state index in [1.807, 2.05) is 0 Å². The molecule has 0 unspecified atom stereocenters. The number of nitrogens with zero attached hydrogens (tertiary/aromatic N) is 1. The first-order valence-electron chi connectivity index (χ1n) is 8.07. The van der Waals surface area contributed by atoms with Crippen molar-refractivity contribution < 1.29 is 22.3 Å². The highest BCUT2D eigenvalue weighted by Gasteiger charge is 2.32. The van der Waals surface area contributed by atoms with Crippen molar-refractivity contribution >= 4 is 38.9 Å². The minimum atomic E-state index is -3.85. The van der Waals surface area contributed by atoms with Crippen LogP contribution in [0, 0.1) is 5.82 Å². The molecule has 2 aromatic rings. The number of benzene rings is 2. The van der Waals surface area contributed by atoms with Gasteiger partial charge in [-0.25, -0.2) is 12.8 Å². The number of amides is 1. The first kappa shape index (κ1) is 21.0. The van der Waals surface area contributed by atoms with E-state index in [1.54, 1.807) is 31.2 Å². The molecule has 0 aromatic heterocycles. The van der Waals surface area contributed by atoms with E-state index < -0.39 is 27.8 Å². The molecule has 1 amide bonds. The Kier molecular flexibility index (Phi) is 6.67. The summed E-state index contributed by atoms with van der Waals surface area (Å²) in [5, 5.41) is 2.45. The zero-order valence-electron chi connectivity index (χ0n) is 15.1. The number of rotatable bonds is 7. The molecule has 0 aliphatic carbocycles. The molecule has 0 aliphatic heterocycles. The summed E-state index contributed by atoms with van der Waals surface area (Å²) in [7, 11) is -2.39. The van der Waals surface area contributed by atoms with Crippen LogP contribution in [0.15, 0.2) is 42.5 Å². The lowest BCUT2D eigenvalue weighted by molar-refractivity contribution is -0.117. The van der Waals surface area contributed by atoms with Gasteiger partial charge >= 0.3 is 0 Å². The molecule has 0 radical (unpaired) electrons. The van der Waals surface area contributed by atoms with E-state index in [0.717, 1.165) is 16.6 Å². The maximum atomic E-state index is 13.5.